The molecule has 1 rings (SSSR count). The number of hydrogen-bond donors (Lipinski definition) is 3. The summed E-state index contributed by atoms with van der Waals surface area (Å²) in [6.07, 6.45) is 7.79. The van der Waals surface area contributed by atoms with Crippen molar-refractivity contribution in [3.63, 3.8) is 0 Å². The van der Waals surface area contributed by atoms with Gasteiger partial charge in [0.1, 0.15) is 0 Å². The monoisotopic (exact) mass is 270 g/mol. The molecule has 0 aliphatic heterocycles. The average Bonchev–Trinajstić information content (AvgIpc) is 2.37. The second kappa shape index (κ2) is 9.18. The predicted molar refractivity (Wildman–Crippen MR) is 78.1 cm³/mol. The van der Waals surface area contributed by atoms with E-state index in [9.17, 15) is 4.79 Å². The molecular formula is C15H30N2O2. The van der Waals surface area contributed by atoms with Crippen molar-refractivity contribution in [2.45, 2.75) is 64.8 Å². The van der Waals surface area contributed by atoms with Crippen LogP contribution in [-0.4, -0.2) is 30.3 Å². The fraction of sp³-hybridized carbons (Fsp3) is 0.933. The summed E-state index contributed by atoms with van der Waals surface area (Å²) >= 11 is 0. The molecule has 0 aromatic heterocycles. The Morgan fingerprint density at radius 3 is 2.53 bits per heavy atom. The minimum atomic E-state index is -0.0430. The third kappa shape index (κ3) is 7.41. The molecule has 0 heterocycles. The van der Waals surface area contributed by atoms with Gasteiger partial charge < -0.3 is 15.7 Å². The SMILES string of the molecule is CC(C)CC(CCO)CNC(=O)NC1CCCCC1. The maximum atomic E-state index is 11.8. The summed E-state index contributed by atoms with van der Waals surface area (Å²) < 4.78 is 0. The van der Waals surface area contributed by atoms with Crippen LogP contribution in [0.15, 0.2) is 0 Å². The second-order valence-corrected chi connectivity index (χ2v) is 6.20. The first-order valence-electron chi connectivity index (χ1n) is 7.77. The molecule has 1 saturated carbocycles. The summed E-state index contributed by atoms with van der Waals surface area (Å²) in [5.41, 5.74) is 0. The molecule has 3 N–H and O–H groups in total. The highest BCUT2D eigenvalue weighted by molar-refractivity contribution is 5.74. The zero-order valence-corrected chi connectivity index (χ0v) is 12.5. The Morgan fingerprint density at radius 2 is 1.95 bits per heavy atom. The molecule has 1 unspecified atom stereocenters. The Kier molecular flexibility index (Phi) is 7.87. The number of amides is 2. The van der Waals surface area contributed by atoms with Gasteiger partial charge in [0.15, 0.2) is 0 Å². The largest absolute Gasteiger partial charge is 0.396 e. The summed E-state index contributed by atoms with van der Waals surface area (Å²) in [5.74, 6) is 0.974. The smallest absolute Gasteiger partial charge is 0.315 e. The van der Waals surface area contributed by atoms with Gasteiger partial charge in [-0.1, -0.05) is 33.1 Å². The van der Waals surface area contributed by atoms with Gasteiger partial charge in [0.05, 0.1) is 0 Å². The molecule has 0 spiro atoms. The Labute approximate surface area is 117 Å². The standard InChI is InChI=1S/C15H30N2O2/c1-12(2)10-13(8-9-18)11-16-15(19)17-14-6-4-3-5-7-14/h12-14,18H,3-11H2,1-2H3,(H2,16,17,19). The predicted octanol–water partition coefficient (Wildman–Crippen LogP) is 2.66. The van der Waals surface area contributed by atoms with E-state index in [-0.39, 0.29) is 12.6 Å². The Bertz CT molecular complexity index is 251. The molecule has 19 heavy (non-hydrogen) atoms. The van der Waals surface area contributed by atoms with Crippen molar-refractivity contribution in [1.29, 1.82) is 0 Å². The zero-order valence-electron chi connectivity index (χ0n) is 12.5. The van der Waals surface area contributed by atoms with Gasteiger partial charge in [0.25, 0.3) is 0 Å². The second-order valence-electron chi connectivity index (χ2n) is 6.20. The minimum Gasteiger partial charge on any atom is -0.396 e. The van der Waals surface area contributed by atoms with E-state index in [1.807, 2.05) is 0 Å². The van der Waals surface area contributed by atoms with Crippen molar-refractivity contribution in [1.82, 2.24) is 10.6 Å². The van der Waals surface area contributed by atoms with Gasteiger partial charge in [-0.3, -0.25) is 0 Å². The fourth-order valence-electron chi connectivity index (χ4n) is 2.87. The van der Waals surface area contributed by atoms with E-state index in [4.69, 9.17) is 5.11 Å². The molecule has 112 valence electrons. The Morgan fingerprint density at radius 1 is 1.26 bits per heavy atom. The highest BCUT2D eigenvalue weighted by Gasteiger charge is 2.16. The Balaban J connectivity index is 2.22. The number of nitrogens with one attached hydrogen (secondary N) is 2. The van der Waals surface area contributed by atoms with Crippen LogP contribution in [0.25, 0.3) is 0 Å². The number of hydrogen-bond acceptors (Lipinski definition) is 2. The van der Waals surface area contributed by atoms with Crippen molar-refractivity contribution in [2.24, 2.45) is 11.8 Å². The normalized spacial score (nSPS) is 18.3. The van der Waals surface area contributed by atoms with E-state index in [0.29, 0.717) is 24.4 Å². The molecular weight excluding hydrogens is 240 g/mol. The molecule has 0 aromatic rings. The maximum absolute atomic E-state index is 11.8. The topological polar surface area (TPSA) is 61.4 Å². The molecule has 1 aliphatic rings. The lowest BCUT2D eigenvalue weighted by molar-refractivity contribution is 0.220. The number of urea groups is 1. The molecule has 0 radical (unpaired) electrons. The van der Waals surface area contributed by atoms with Crippen LogP contribution >= 0.6 is 0 Å². The van der Waals surface area contributed by atoms with Gasteiger partial charge in [-0.15, -0.1) is 0 Å². The van der Waals surface area contributed by atoms with Gasteiger partial charge in [0, 0.05) is 19.2 Å². The van der Waals surface area contributed by atoms with Crippen LogP contribution in [0, 0.1) is 11.8 Å². The lowest BCUT2D eigenvalue weighted by Gasteiger charge is -2.24. The highest BCUT2D eigenvalue weighted by atomic mass is 16.3. The summed E-state index contributed by atoms with van der Waals surface area (Å²) in [5, 5.41) is 15.1. The summed E-state index contributed by atoms with van der Waals surface area (Å²) in [7, 11) is 0. The molecule has 0 bridgehead atoms. The number of carbonyl (C=O) groups excluding carboxylic acids is 1. The van der Waals surface area contributed by atoms with E-state index in [1.54, 1.807) is 0 Å². The van der Waals surface area contributed by atoms with Crippen molar-refractivity contribution < 1.29 is 9.90 Å². The summed E-state index contributed by atoms with van der Waals surface area (Å²) in [6.45, 7) is 5.21. The van der Waals surface area contributed by atoms with Crippen molar-refractivity contribution >= 4 is 6.03 Å². The fourth-order valence-corrected chi connectivity index (χ4v) is 2.87. The van der Waals surface area contributed by atoms with Gasteiger partial charge >= 0.3 is 6.03 Å². The average molecular weight is 270 g/mol. The van der Waals surface area contributed by atoms with Crippen LogP contribution in [0.4, 0.5) is 4.79 Å². The lowest BCUT2D eigenvalue weighted by Crippen LogP contribution is -2.44. The summed E-state index contributed by atoms with van der Waals surface area (Å²) in [4.78, 5) is 11.8. The zero-order chi connectivity index (χ0) is 14.1. The molecule has 1 aliphatic carbocycles. The van der Waals surface area contributed by atoms with Crippen LogP contribution in [0.2, 0.25) is 0 Å². The number of aliphatic hydroxyl groups is 1. The third-order valence-corrected chi connectivity index (χ3v) is 3.83. The lowest BCUT2D eigenvalue weighted by atomic mass is 9.94. The van der Waals surface area contributed by atoms with Crippen LogP contribution in [0.3, 0.4) is 0 Å². The number of rotatable bonds is 7. The van der Waals surface area contributed by atoms with E-state index >= 15 is 0 Å². The van der Waals surface area contributed by atoms with E-state index in [2.05, 4.69) is 24.5 Å². The minimum absolute atomic E-state index is 0.0430. The maximum Gasteiger partial charge on any atom is 0.315 e. The van der Waals surface area contributed by atoms with Gasteiger partial charge in [0.2, 0.25) is 0 Å². The van der Waals surface area contributed by atoms with Gasteiger partial charge in [-0.2, -0.15) is 0 Å². The van der Waals surface area contributed by atoms with Crippen molar-refractivity contribution in [3.8, 4) is 0 Å². The van der Waals surface area contributed by atoms with Crippen LogP contribution in [0.1, 0.15) is 58.8 Å². The molecule has 2 amide bonds. The molecule has 4 nitrogen and oxygen atoms in total. The van der Waals surface area contributed by atoms with Crippen molar-refractivity contribution in [2.75, 3.05) is 13.2 Å². The first-order chi connectivity index (χ1) is 9.11. The van der Waals surface area contributed by atoms with Crippen molar-refractivity contribution in [3.05, 3.63) is 0 Å². The number of aliphatic hydroxyl groups excluding tert-OH is 1. The van der Waals surface area contributed by atoms with E-state index in [0.717, 1.165) is 25.7 Å². The van der Waals surface area contributed by atoms with Crippen LogP contribution < -0.4 is 10.6 Å². The first-order valence-corrected chi connectivity index (χ1v) is 7.77. The quantitative estimate of drug-likeness (QED) is 0.666. The molecule has 4 heteroatoms. The summed E-state index contributed by atoms with van der Waals surface area (Å²) in [6, 6.07) is 0.314. The highest BCUT2D eigenvalue weighted by Crippen LogP contribution is 2.17. The first kappa shape index (κ1) is 16.3. The van der Waals surface area contributed by atoms with Crippen LogP contribution in [0.5, 0.6) is 0 Å². The number of carbonyl (C=O) groups is 1. The van der Waals surface area contributed by atoms with Gasteiger partial charge in [-0.25, -0.2) is 4.79 Å². The van der Waals surface area contributed by atoms with E-state index < -0.39 is 0 Å². The van der Waals surface area contributed by atoms with E-state index in [1.165, 1.54) is 19.3 Å². The Hall–Kier alpha value is -0.770. The molecule has 1 atom stereocenters. The molecule has 0 saturated heterocycles. The molecule has 0 aromatic carbocycles. The van der Waals surface area contributed by atoms with Crippen LogP contribution in [-0.2, 0) is 0 Å². The molecule has 1 fully saturated rings. The van der Waals surface area contributed by atoms with Gasteiger partial charge in [-0.05, 0) is 37.5 Å². The third-order valence-electron chi connectivity index (χ3n) is 3.83.